The van der Waals surface area contributed by atoms with Gasteiger partial charge in [-0.05, 0) is 48.0 Å². The Bertz CT molecular complexity index is 1000. The highest BCUT2D eigenvalue weighted by molar-refractivity contribution is 6.06. The molecule has 0 atom stereocenters. The molecule has 0 aliphatic heterocycles. The number of anilines is 3. The average Bonchev–Trinajstić information content (AvgIpc) is 2.64. The summed E-state index contributed by atoms with van der Waals surface area (Å²) >= 11 is 0. The molecular weight excluding hydrogens is 349 g/mol. The molecule has 3 aromatic carbocycles. The van der Waals surface area contributed by atoms with E-state index < -0.39 is 12.0 Å². The summed E-state index contributed by atoms with van der Waals surface area (Å²) in [5, 5.41) is 13.6. The minimum atomic E-state index is -1.19. The van der Waals surface area contributed by atoms with Crippen molar-refractivity contribution in [2.24, 2.45) is 0 Å². The fourth-order valence-electron chi connectivity index (χ4n) is 2.55. The van der Waals surface area contributed by atoms with Crippen LogP contribution in [0.3, 0.4) is 0 Å². The van der Waals surface area contributed by atoms with Gasteiger partial charge in [0.05, 0.1) is 11.4 Å². The number of nitrogens with two attached hydrogens (primary N) is 1. The van der Waals surface area contributed by atoms with Crippen LogP contribution in [-0.2, 0) is 0 Å². The molecule has 136 valence electrons. The first kappa shape index (κ1) is 17.9. The number of nitrogens with one attached hydrogen (secondary N) is 2. The monoisotopic (exact) mass is 365 g/mol. The van der Waals surface area contributed by atoms with E-state index in [0.717, 1.165) is 0 Å². The van der Waals surface area contributed by atoms with Crippen molar-refractivity contribution in [3.05, 3.63) is 78.1 Å². The Kier molecular flexibility index (Phi) is 5.03. The molecule has 0 bridgehead atoms. The largest absolute Gasteiger partial charge is 0.465 e. The first-order valence-electron chi connectivity index (χ1n) is 8.00. The zero-order chi connectivity index (χ0) is 19.4. The Hall–Kier alpha value is -3.87. The summed E-state index contributed by atoms with van der Waals surface area (Å²) in [5.41, 5.74) is 8.27. The van der Waals surface area contributed by atoms with Gasteiger partial charge in [-0.15, -0.1) is 0 Å². The maximum atomic E-state index is 14.0. The highest BCUT2D eigenvalue weighted by atomic mass is 19.1. The van der Waals surface area contributed by atoms with E-state index in [1.807, 2.05) is 0 Å². The predicted octanol–water partition coefficient (Wildman–Crippen LogP) is 4.42. The molecule has 7 heteroatoms. The highest BCUT2D eigenvalue weighted by Crippen LogP contribution is 2.29. The van der Waals surface area contributed by atoms with Crippen molar-refractivity contribution in [1.29, 1.82) is 0 Å². The summed E-state index contributed by atoms with van der Waals surface area (Å²) in [7, 11) is 0. The fraction of sp³-hybridized carbons (Fsp3) is 0. The van der Waals surface area contributed by atoms with E-state index in [-0.39, 0.29) is 5.82 Å². The first-order valence-corrected chi connectivity index (χ1v) is 8.00. The third-order valence-corrected chi connectivity index (χ3v) is 3.88. The van der Waals surface area contributed by atoms with Crippen LogP contribution in [-0.4, -0.2) is 17.1 Å². The van der Waals surface area contributed by atoms with Gasteiger partial charge in [0.25, 0.3) is 5.91 Å². The van der Waals surface area contributed by atoms with Crippen molar-refractivity contribution < 1.29 is 19.1 Å². The second-order valence-corrected chi connectivity index (χ2v) is 5.74. The molecule has 0 fully saturated rings. The minimum absolute atomic E-state index is 0.321. The third kappa shape index (κ3) is 4.21. The van der Waals surface area contributed by atoms with Gasteiger partial charge in [0, 0.05) is 16.8 Å². The molecule has 0 unspecified atom stereocenters. The molecule has 0 aliphatic carbocycles. The van der Waals surface area contributed by atoms with Crippen molar-refractivity contribution >= 4 is 29.1 Å². The van der Waals surface area contributed by atoms with Gasteiger partial charge in [0.15, 0.2) is 0 Å². The van der Waals surface area contributed by atoms with Crippen molar-refractivity contribution in [2.75, 3.05) is 16.4 Å². The SMILES string of the molecule is Nc1ccc(-c2ccccc2F)cc1NC(=O)c1ccc(NC(=O)O)cc1. The van der Waals surface area contributed by atoms with E-state index >= 15 is 0 Å². The van der Waals surface area contributed by atoms with Crippen molar-refractivity contribution in [1.82, 2.24) is 0 Å². The van der Waals surface area contributed by atoms with Gasteiger partial charge in [-0.3, -0.25) is 10.1 Å². The molecule has 0 aromatic heterocycles. The number of carbonyl (C=O) groups is 2. The Morgan fingerprint density at radius 1 is 0.926 bits per heavy atom. The quantitative estimate of drug-likeness (QED) is 0.514. The van der Waals surface area contributed by atoms with Gasteiger partial charge in [-0.25, -0.2) is 9.18 Å². The zero-order valence-corrected chi connectivity index (χ0v) is 14.1. The van der Waals surface area contributed by atoms with E-state index in [9.17, 15) is 14.0 Å². The molecule has 5 N–H and O–H groups in total. The normalized spacial score (nSPS) is 10.3. The number of halogens is 1. The standard InChI is InChI=1S/C20H16FN3O3/c21-16-4-2-1-3-15(16)13-7-10-17(22)18(11-13)24-19(25)12-5-8-14(9-6-12)23-20(26)27/h1-11,23H,22H2,(H,24,25)(H,26,27). The fourth-order valence-corrected chi connectivity index (χ4v) is 2.55. The van der Waals surface area contributed by atoms with Gasteiger partial charge in [-0.1, -0.05) is 24.3 Å². The molecule has 0 heterocycles. The molecule has 0 saturated carbocycles. The molecule has 0 spiro atoms. The van der Waals surface area contributed by atoms with Gasteiger partial charge in [-0.2, -0.15) is 0 Å². The van der Waals surface area contributed by atoms with Crippen LogP contribution in [0.5, 0.6) is 0 Å². The summed E-state index contributed by atoms with van der Waals surface area (Å²) in [6, 6.07) is 17.1. The maximum absolute atomic E-state index is 14.0. The minimum Gasteiger partial charge on any atom is -0.465 e. The second kappa shape index (κ2) is 7.57. The summed E-state index contributed by atoms with van der Waals surface area (Å²) < 4.78 is 14.0. The number of hydrogen-bond donors (Lipinski definition) is 4. The topological polar surface area (TPSA) is 104 Å². The lowest BCUT2D eigenvalue weighted by Crippen LogP contribution is -2.13. The Balaban J connectivity index is 1.82. The van der Waals surface area contributed by atoms with Crippen molar-refractivity contribution in [3.63, 3.8) is 0 Å². The van der Waals surface area contributed by atoms with Crippen LogP contribution in [0.1, 0.15) is 10.4 Å². The van der Waals surface area contributed by atoms with Crippen LogP contribution in [0.15, 0.2) is 66.7 Å². The molecule has 3 rings (SSSR count). The second-order valence-electron chi connectivity index (χ2n) is 5.74. The van der Waals surface area contributed by atoms with Crippen LogP contribution in [0.25, 0.3) is 11.1 Å². The number of carbonyl (C=O) groups excluding carboxylic acids is 1. The lowest BCUT2D eigenvalue weighted by Gasteiger charge is -2.11. The number of amides is 2. The smallest absolute Gasteiger partial charge is 0.409 e. The third-order valence-electron chi connectivity index (χ3n) is 3.88. The molecule has 2 amide bonds. The van der Waals surface area contributed by atoms with Crippen molar-refractivity contribution in [3.8, 4) is 11.1 Å². The molecular formula is C20H16FN3O3. The average molecular weight is 365 g/mol. The molecule has 27 heavy (non-hydrogen) atoms. The van der Waals surface area contributed by atoms with Crippen LogP contribution in [0, 0.1) is 5.82 Å². The lowest BCUT2D eigenvalue weighted by molar-refractivity contribution is 0.102. The summed E-state index contributed by atoms with van der Waals surface area (Å²) in [5.74, 6) is -0.796. The van der Waals surface area contributed by atoms with E-state index in [2.05, 4.69) is 10.6 Å². The maximum Gasteiger partial charge on any atom is 0.409 e. The van der Waals surface area contributed by atoms with E-state index in [4.69, 9.17) is 10.8 Å². The van der Waals surface area contributed by atoms with E-state index in [0.29, 0.717) is 33.8 Å². The van der Waals surface area contributed by atoms with Gasteiger partial charge >= 0.3 is 6.09 Å². The van der Waals surface area contributed by atoms with E-state index in [1.165, 1.54) is 30.3 Å². The lowest BCUT2D eigenvalue weighted by atomic mass is 10.0. The number of benzene rings is 3. The number of nitrogen functional groups attached to an aromatic ring is 1. The van der Waals surface area contributed by atoms with Crippen LogP contribution in [0.2, 0.25) is 0 Å². The number of hydrogen-bond acceptors (Lipinski definition) is 3. The van der Waals surface area contributed by atoms with Gasteiger partial charge in [0.1, 0.15) is 5.82 Å². The molecule has 0 radical (unpaired) electrons. The number of carboxylic acid groups (broad SMARTS) is 1. The van der Waals surface area contributed by atoms with Crippen LogP contribution >= 0.6 is 0 Å². The van der Waals surface area contributed by atoms with Crippen LogP contribution < -0.4 is 16.4 Å². The molecule has 6 nitrogen and oxygen atoms in total. The molecule has 0 saturated heterocycles. The first-order chi connectivity index (χ1) is 12.9. The highest BCUT2D eigenvalue weighted by Gasteiger charge is 2.11. The Morgan fingerprint density at radius 3 is 2.30 bits per heavy atom. The predicted molar refractivity (Wildman–Crippen MR) is 102 cm³/mol. The van der Waals surface area contributed by atoms with Gasteiger partial charge in [0.2, 0.25) is 0 Å². The zero-order valence-electron chi connectivity index (χ0n) is 14.1. The summed E-state index contributed by atoms with van der Waals surface area (Å²) in [6.07, 6.45) is -1.19. The van der Waals surface area contributed by atoms with E-state index in [1.54, 1.807) is 36.4 Å². The Labute approximate surface area is 154 Å². The molecule has 3 aromatic rings. The Morgan fingerprint density at radius 2 is 1.63 bits per heavy atom. The van der Waals surface area contributed by atoms with Crippen LogP contribution in [0.4, 0.5) is 26.2 Å². The van der Waals surface area contributed by atoms with Gasteiger partial charge < -0.3 is 16.2 Å². The number of rotatable bonds is 4. The molecule has 0 aliphatic rings. The summed E-state index contributed by atoms with van der Waals surface area (Å²) in [6.45, 7) is 0. The summed E-state index contributed by atoms with van der Waals surface area (Å²) in [4.78, 5) is 23.0. The van der Waals surface area contributed by atoms with Crippen molar-refractivity contribution in [2.45, 2.75) is 0 Å².